The van der Waals surface area contributed by atoms with Gasteiger partial charge in [0.2, 0.25) is 0 Å². The Morgan fingerprint density at radius 3 is 2.31 bits per heavy atom. The monoisotopic (exact) mass is 213 g/mol. The molecule has 0 aliphatic rings. The second-order valence-corrected chi connectivity index (χ2v) is 3.94. The van der Waals surface area contributed by atoms with Crippen LogP contribution in [0.5, 0.6) is 0 Å². The lowest BCUT2D eigenvalue weighted by Crippen LogP contribution is -2.01. The van der Waals surface area contributed by atoms with Gasteiger partial charge in [-0.1, -0.05) is 35.9 Å². The molecular formula is C13H15N3. The van der Waals surface area contributed by atoms with E-state index < -0.39 is 0 Å². The summed E-state index contributed by atoms with van der Waals surface area (Å²) in [5, 5.41) is 0. The number of hydrogen-bond donors (Lipinski definition) is 2. The maximum absolute atomic E-state index is 5.81. The number of benzene rings is 1. The molecule has 82 valence electrons. The zero-order chi connectivity index (χ0) is 11.5. The highest BCUT2D eigenvalue weighted by Crippen LogP contribution is 2.16. The summed E-state index contributed by atoms with van der Waals surface area (Å²) in [5.74, 6) is 0.978. The van der Waals surface area contributed by atoms with Gasteiger partial charge in [-0.2, -0.15) is 0 Å². The van der Waals surface area contributed by atoms with Crippen molar-refractivity contribution in [2.45, 2.75) is 13.3 Å². The van der Waals surface area contributed by atoms with E-state index in [0.29, 0.717) is 11.6 Å². The first-order valence-corrected chi connectivity index (χ1v) is 5.21. The van der Waals surface area contributed by atoms with E-state index in [-0.39, 0.29) is 0 Å². The Labute approximate surface area is 95.1 Å². The van der Waals surface area contributed by atoms with Gasteiger partial charge in [0.1, 0.15) is 11.6 Å². The molecule has 2 aromatic rings. The van der Waals surface area contributed by atoms with E-state index in [1.807, 2.05) is 6.07 Å². The molecule has 0 fully saturated rings. The van der Waals surface area contributed by atoms with Gasteiger partial charge < -0.3 is 11.5 Å². The lowest BCUT2D eigenvalue weighted by atomic mass is 10.0. The molecule has 0 bridgehead atoms. The number of pyridine rings is 1. The van der Waals surface area contributed by atoms with Crippen molar-refractivity contribution in [1.82, 2.24) is 4.98 Å². The summed E-state index contributed by atoms with van der Waals surface area (Å²) in [6.07, 6.45) is 0.791. The molecule has 0 saturated carbocycles. The molecule has 0 aliphatic carbocycles. The van der Waals surface area contributed by atoms with Crippen LogP contribution in [0, 0.1) is 6.92 Å². The summed E-state index contributed by atoms with van der Waals surface area (Å²) in [7, 11) is 0. The van der Waals surface area contributed by atoms with E-state index in [9.17, 15) is 0 Å². The number of aryl methyl sites for hydroxylation is 1. The van der Waals surface area contributed by atoms with Crippen LogP contribution < -0.4 is 11.5 Å². The van der Waals surface area contributed by atoms with Gasteiger partial charge in [0.05, 0.1) is 0 Å². The Kier molecular flexibility index (Phi) is 2.77. The number of nitrogens with two attached hydrogens (primary N) is 2. The molecule has 0 spiro atoms. The van der Waals surface area contributed by atoms with E-state index in [4.69, 9.17) is 11.5 Å². The molecule has 0 saturated heterocycles. The maximum Gasteiger partial charge on any atom is 0.129 e. The van der Waals surface area contributed by atoms with Gasteiger partial charge >= 0.3 is 0 Å². The van der Waals surface area contributed by atoms with E-state index in [0.717, 1.165) is 12.0 Å². The molecule has 1 aromatic carbocycles. The van der Waals surface area contributed by atoms with Crippen molar-refractivity contribution in [3.05, 3.63) is 53.1 Å². The second-order valence-electron chi connectivity index (χ2n) is 3.94. The zero-order valence-corrected chi connectivity index (χ0v) is 9.27. The lowest BCUT2D eigenvalue weighted by Gasteiger charge is -2.06. The van der Waals surface area contributed by atoms with Crippen molar-refractivity contribution >= 4 is 11.6 Å². The van der Waals surface area contributed by atoms with Crippen molar-refractivity contribution in [3.8, 4) is 0 Å². The number of nitrogens with zero attached hydrogens (tertiary/aromatic N) is 1. The Balaban J connectivity index is 2.23. The average molecular weight is 213 g/mol. The van der Waals surface area contributed by atoms with E-state index >= 15 is 0 Å². The molecule has 1 aromatic heterocycles. The zero-order valence-electron chi connectivity index (χ0n) is 9.27. The van der Waals surface area contributed by atoms with Crippen LogP contribution in [0.3, 0.4) is 0 Å². The highest BCUT2D eigenvalue weighted by molar-refractivity contribution is 5.48. The standard InChI is InChI=1S/C13H15N3/c1-9-2-4-10(5-3-9)8-11-6-7-12(14)16-13(11)15/h2-7H,8H2,1H3,(H4,14,15,16). The van der Waals surface area contributed by atoms with Gasteiger partial charge in [-0.3, -0.25) is 0 Å². The quantitative estimate of drug-likeness (QED) is 0.803. The molecule has 0 radical (unpaired) electrons. The predicted octanol–water partition coefficient (Wildman–Crippen LogP) is 2.15. The first-order chi connectivity index (χ1) is 7.65. The van der Waals surface area contributed by atoms with Crippen LogP contribution in [-0.4, -0.2) is 4.98 Å². The SMILES string of the molecule is Cc1ccc(Cc2ccc(N)nc2N)cc1. The summed E-state index contributed by atoms with van der Waals surface area (Å²) >= 11 is 0. The van der Waals surface area contributed by atoms with Crippen LogP contribution in [-0.2, 0) is 6.42 Å². The molecule has 0 amide bonds. The van der Waals surface area contributed by atoms with Gasteiger partial charge in [0.25, 0.3) is 0 Å². The van der Waals surface area contributed by atoms with Gasteiger partial charge in [-0.15, -0.1) is 0 Å². The fourth-order valence-electron chi connectivity index (χ4n) is 1.59. The number of anilines is 2. The van der Waals surface area contributed by atoms with E-state index in [2.05, 4.69) is 36.2 Å². The lowest BCUT2D eigenvalue weighted by molar-refractivity contribution is 1.15. The maximum atomic E-state index is 5.81. The fraction of sp³-hybridized carbons (Fsp3) is 0.154. The van der Waals surface area contributed by atoms with Crippen molar-refractivity contribution < 1.29 is 0 Å². The Morgan fingerprint density at radius 2 is 1.69 bits per heavy atom. The second kappa shape index (κ2) is 4.23. The van der Waals surface area contributed by atoms with E-state index in [1.165, 1.54) is 11.1 Å². The highest BCUT2D eigenvalue weighted by Gasteiger charge is 2.02. The molecule has 16 heavy (non-hydrogen) atoms. The molecule has 0 unspecified atom stereocenters. The third-order valence-corrected chi connectivity index (χ3v) is 2.55. The smallest absolute Gasteiger partial charge is 0.129 e. The summed E-state index contributed by atoms with van der Waals surface area (Å²) in [4.78, 5) is 4.04. The predicted molar refractivity (Wildman–Crippen MR) is 67.0 cm³/mol. The van der Waals surface area contributed by atoms with Crippen LogP contribution in [0.25, 0.3) is 0 Å². The number of rotatable bonds is 2. The number of hydrogen-bond acceptors (Lipinski definition) is 3. The third-order valence-electron chi connectivity index (χ3n) is 2.55. The molecule has 0 aliphatic heterocycles. The van der Waals surface area contributed by atoms with Gasteiger partial charge in [0, 0.05) is 6.42 Å². The topological polar surface area (TPSA) is 64.9 Å². The molecule has 3 heteroatoms. The fourth-order valence-corrected chi connectivity index (χ4v) is 1.59. The Hall–Kier alpha value is -2.03. The van der Waals surface area contributed by atoms with Gasteiger partial charge in [-0.05, 0) is 24.1 Å². The van der Waals surface area contributed by atoms with Crippen LogP contribution in [0.15, 0.2) is 36.4 Å². The van der Waals surface area contributed by atoms with Crippen LogP contribution >= 0.6 is 0 Å². The Morgan fingerprint density at radius 1 is 1.00 bits per heavy atom. The van der Waals surface area contributed by atoms with Crippen molar-refractivity contribution in [2.24, 2.45) is 0 Å². The normalized spacial score (nSPS) is 10.3. The first-order valence-electron chi connectivity index (χ1n) is 5.21. The summed E-state index contributed by atoms with van der Waals surface area (Å²) in [5.41, 5.74) is 14.9. The van der Waals surface area contributed by atoms with Crippen molar-refractivity contribution in [3.63, 3.8) is 0 Å². The van der Waals surface area contributed by atoms with Crippen LogP contribution in [0.2, 0.25) is 0 Å². The van der Waals surface area contributed by atoms with Gasteiger partial charge in [0.15, 0.2) is 0 Å². The Bertz CT molecular complexity index is 489. The largest absolute Gasteiger partial charge is 0.384 e. The first kappa shape index (κ1) is 10.5. The average Bonchev–Trinajstić information content (AvgIpc) is 2.25. The summed E-state index contributed by atoms with van der Waals surface area (Å²) in [6.45, 7) is 2.07. The van der Waals surface area contributed by atoms with Gasteiger partial charge in [-0.25, -0.2) is 4.98 Å². The highest BCUT2D eigenvalue weighted by atomic mass is 14.9. The number of aromatic nitrogens is 1. The molecule has 0 atom stereocenters. The molecule has 2 rings (SSSR count). The van der Waals surface area contributed by atoms with Crippen molar-refractivity contribution in [2.75, 3.05) is 11.5 Å². The number of nitrogen functional groups attached to an aromatic ring is 2. The summed E-state index contributed by atoms with van der Waals surface area (Å²) in [6, 6.07) is 12.1. The minimum atomic E-state index is 0.463. The summed E-state index contributed by atoms with van der Waals surface area (Å²) < 4.78 is 0. The molecule has 4 N–H and O–H groups in total. The van der Waals surface area contributed by atoms with Crippen LogP contribution in [0.4, 0.5) is 11.6 Å². The molecule has 1 heterocycles. The minimum Gasteiger partial charge on any atom is -0.384 e. The van der Waals surface area contributed by atoms with Crippen molar-refractivity contribution in [1.29, 1.82) is 0 Å². The van der Waals surface area contributed by atoms with E-state index in [1.54, 1.807) is 6.07 Å². The van der Waals surface area contributed by atoms with Crippen LogP contribution in [0.1, 0.15) is 16.7 Å². The third kappa shape index (κ3) is 2.31. The molecular weight excluding hydrogens is 198 g/mol. The molecule has 3 nitrogen and oxygen atoms in total. The minimum absolute atomic E-state index is 0.463.